The molecule has 0 aromatic heterocycles. The van der Waals surface area contributed by atoms with Crippen LogP contribution in [0.1, 0.15) is 12.8 Å². The van der Waals surface area contributed by atoms with Gasteiger partial charge in [0, 0.05) is 25.7 Å². The van der Waals surface area contributed by atoms with Gasteiger partial charge in [0.1, 0.15) is 6.04 Å². The van der Waals surface area contributed by atoms with Gasteiger partial charge in [0.15, 0.2) is 0 Å². The van der Waals surface area contributed by atoms with E-state index in [0.717, 1.165) is 26.0 Å². The van der Waals surface area contributed by atoms with Crippen LogP contribution in [0.5, 0.6) is 0 Å². The first-order chi connectivity index (χ1) is 7.22. The Morgan fingerprint density at radius 1 is 1.53 bits per heavy atom. The van der Waals surface area contributed by atoms with Crippen LogP contribution in [0, 0.1) is 0 Å². The van der Waals surface area contributed by atoms with E-state index in [1.165, 1.54) is 0 Å². The molecule has 1 aliphatic carbocycles. The molecule has 1 atom stereocenters. The van der Waals surface area contributed by atoms with Gasteiger partial charge in [-0.1, -0.05) is 0 Å². The first-order valence-corrected chi connectivity index (χ1v) is 5.53. The van der Waals surface area contributed by atoms with E-state index in [0.29, 0.717) is 18.7 Å². The zero-order valence-electron chi connectivity index (χ0n) is 9.11. The number of amides is 1. The van der Waals surface area contributed by atoms with E-state index in [1.54, 1.807) is 7.05 Å². The highest BCUT2D eigenvalue weighted by molar-refractivity contribution is 5.81. The molecule has 1 saturated heterocycles. The predicted octanol–water partition coefficient (Wildman–Crippen LogP) is -1.08. The fraction of sp³-hybridized carbons (Fsp3) is 0.900. The van der Waals surface area contributed by atoms with Crippen molar-refractivity contribution in [2.75, 3.05) is 26.8 Å². The maximum atomic E-state index is 11.6. The Bertz CT molecular complexity index is 241. The number of carbonyl (C=O) groups is 1. The number of nitrogens with one attached hydrogen (secondary N) is 1. The fourth-order valence-corrected chi connectivity index (χ4v) is 2.35. The van der Waals surface area contributed by atoms with E-state index in [9.17, 15) is 4.79 Å². The molecule has 0 bridgehead atoms. The highest BCUT2D eigenvalue weighted by Gasteiger charge is 2.39. The van der Waals surface area contributed by atoms with E-state index >= 15 is 0 Å². The minimum atomic E-state index is -0.124. The lowest BCUT2D eigenvalue weighted by atomic mass is 9.85. The molecule has 2 aliphatic rings. The zero-order valence-corrected chi connectivity index (χ0v) is 9.11. The Morgan fingerprint density at radius 2 is 2.27 bits per heavy atom. The smallest absolute Gasteiger partial charge is 0.239 e. The molecular formula is C10H19N3O2. The zero-order chi connectivity index (χ0) is 10.8. The highest BCUT2D eigenvalue weighted by Crippen LogP contribution is 2.27. The lowest BCUT2D eigenvalue weighted by Crippen LogP contribution is -2.61. The molecule has 1 heterocycles. The average molecular weight is 213 g/mol. The normalized spacial score (nSPS) is 37.1. The van der Waals surface area contributed by atoms with Crippen LogP contribution in [-0.4, -0.2) is 55.7 Å². The van der Waals surface area contributed by atoms with Gasteiger partial charge in [-0.25, -0.2) is 0 Å². The average Bonchev–Trinajstić information content (AvgIpc) is 2.24. The Hall–Kier alpha value is -0.650. The summed E-state index contributed by atoms with van der Waals surface area (Å²) in [5.74, 6) is 0.0511. The maximum absolute atomic E-state index is 11.6. The van der Waals surface area contributed by atoms with Gasteiger partial charge >= 0.3 is 0 Å². The summed E-state index contributed by atoms with van der Waals surface area (Å²) in [6, 6.07) is 0.677. The third kappa shape index (κ3) is 2.14. The van der Waals surface area contributed by atoms with Gasteiger partial charge in [-0.15, -0.1) is 0 Å². The number of rotatable bonds is 2. The third-order valence-electron chi connectivity index (χ3n) is 3.34. The lowest BCUT2D eigenvalue weighted by molar-refractivity contribution is -0.136. The SMILES string of the molecule is CNC(=O)C1COCCN1C1CC(N)C1. The number of hydrogen-bond donors (Lipinski definition) is 2. The van der Waals surface area contributed by atoms with Crippen molar-refractivity contribution < 1.29 is 9.53 Å². The molecule has 0 radical (unpaired) electrons. The lowest BCUT2D eigenvalue weighted by Gasteiger charge is -2.46. The highest BCUT2D eigenvalue weighted by atomic mass is 16.5. The van der Waals surface area contributed by atoms with E-state index in [1.807, 2.05) is 0 Å². The summed E-state index contributed by atoms with van der Waals surface area (Å²) in [7, 11) is 1.67. The number of ether oxygens (including phenoxy) is 1. The van der Waals surface area contributed by atoms with Crippen molar-refractivity contribution in [1.29, 1.82) is 0 Å². The number of carbonyl (C=O) groups excluding carboxylic acids is 1. The molecule has 0 aromatic carbocycles. The molecule has 1 aliphatic heterocycles. The first-order valence-electron chi connectivity index (χ1n) is 5.53. The number of hydrogen-bond acceptors (Lipinski definition) is 4. The van der Waals surface area contributed by atoms with Gasteiger partial charge in [-0.3, -0.25) is 9.69 Å². The molecule has 1 amide bonds. The second-order valence-corrected chi connectivity index (χ2v) is 4.33. The summed E-state index contributed by atoms with van der Waals surface area (Å²) in [5.41, 5.74) is 5.77. The summed E-state index contributed by atoms with van der Waals surface area (Å²) >= 11 is 0. The van der Waals surface area contributed by atoms with Crippen LogP contribution >= 0.6 is 0 Å². The number of nitrogens with two attached hydrogens (primary N) is 1. The minimum absolute atomic E-state index is 0.0511. The van der Waals surface area contributed by atoms with Crippen LogP contribution in [0.2, 0.25) is 0 Å². The Labute approximate surface area is 89.9 Å². The third-order valence-corrected chi connectivity index (χ3v) is 3.34. The largest absolute Gasteiger partial charge is 0.378 e. The van der Waals surface area contributed by atoms with Gasteiger partial charge in [-0.05, 0) is 12.8 Å². The van der Waals surface area contributed by atoms with E-state index in [2.05, 4.69) is 10.2 Å². The summed E-state index contributed by atoms with van der Waals surface area (Å²) in [4.78, 5) is 13.9. The van der Waals surface area contributed by atoms with Crippen LogP contribution in [0.3, 0.4) is 0 Å². The van der Waals surface area contributed by atoms with Gasteiger partial charge in [0.05, 0.1) is 13.2 Å². The molecule has 2 fully saturated rings. The second kappa shape index (κ2) is 4.47. The van der Waals surface area contributed by atoms with Crippen LogP contribution in [0.4, 0.5) is 0 Å². The standard InChI is InChI=1S/C10H19N3O2/c1-12-10(14)9-6-15-3-2-13(9)8-4-7(11)5-8/h7-9H,2-6,11H2,1H3,(H,12,14). The first kappa shape index (κ1) is 10.9. The fourth-order valence-electron chi connectivity index (χ4n) is 2.35. The molecular weight excluding hydrogens is 194 g/mol. The van der Waals surface area contributed by atoms with Crippen molar-refractivity contribution in [3.8, 4) is 0 Å². The molecule has 0 aromatic rings. The quantitative estimate of drug-likeness (QED) is 0.612. The van der Waals surface area contributed by atoms with Crippen LogP contribution < -0.4 is 11.1 Å². The number of nitrogens with zero attached hydrogens (tertiary/aromatic N) is 1. The molecule has 2 rings (SSSR count). The molecule has 1 saturated carbocycles. The summed E-state index contributed by atoms with van der Waals surface area (Å²) < 4.78 is 5.35. The van der Waals surface area contributed by atoms with Crippen molar-refractivity contribution in [1.82, 2.24) is 10.2 Å². The minimum Gasteiger partial charge on any atom is -0.378 e. The van der Waals surface area contributed by atoms with E-state index in [-0.39, 0.29) is 11.9 Å². The van der Waals surface area contributed by atoms with E-state index in [4.69, 9.17) is 10.5 Å². The van der Waals surface area contributed by atoms with Crippen molar-refractivity contribution in [3.05, 3.63) is 0 Å². The van der Waals surface area contributed by atoms with Gasteiger partial charge < -0.3 is 15.8 Å². The van der Waals surface area contributed by atoms with Crippen molar-refractivity contribution >= 4 is 5.91 Å². The van der Waals surface area contributed by atoms with Gasteiger partial charge in [0.2, 0.25) is 5.91 Å². The molecule has 0 spiro atoms. The van der Waals surface area contributed by atoms with Crippen LogP contribution in [-0.2, 0) is 9.53 Å². The topological polar surface area (TPSA) is 67.6 Å². The summed E-state index contributed by atoms with van der Waals surface area (Å²) in [6.45, 7) is 2.07. The van der Waals surface area contributed by atoms with Gasteiger partial charge in [0.25, 0.3) is 0 Å². The Morgan fingerprint density at radius 3 is 2.87 bits per heavy atom. The number of morpholine rings is 1. The Balaban J connectivity index is 1.96. The molecule has 1 unspecified atom stereocenters. The molecule has 15 heavy (non-hydrogen) atoms. The predicted molar refractivity (Wildman–Crippen MR) is 56.4 cm³/mol. The van der Waals surface area contributed by atoms with Crippen LogP contribution in [0.15, 0.2) is 0 Å². The van der Waals surface area contributed by atoms with Gasteiger partial charge in [-0.2, -0.15) is 0 Å². The summed E-state index contributed by atoms with van der Waals surface area (Å²) in [5, 5.41) is 2.69. The molecule has 86 valence electrons. The second-order valence-electron chi connectivity index (χ2n) is 4.33. The monoisotopic (exact) mass is 213 g/mol. The summed E-state index contributed by atoms with van der Waals surface area (Å²) in [6.07, 6.45) is 2.01. The molecule has 5 nitrogen and oxygen atoms in total. The van der Waals surface area contributed by atoms with Crippen molar-refractivity contribution in [2.24, 2.45) is 5.73 Å². The maximum Gasteiger partial charge on any atom is 0.239 e. The van der Waals surface area contributed by atoms with Crippen LogP contribution in [0.25, 0.3) is 0 Å². The van der Waals surface area contributed by atoms with E-state index < -0.39 is 0 Å². The number of likely N-dealkylation sites (N-methyl/N-ethyl adjacent to an activating group) is 1. The van der Waals surface area contributed by atoms with Crippen molar-refractivity contribution in [2.45, 2.75) is 31.0 Å². The molecule has 3 N–H and O–H groups in total. The Kier molecular flexibility index (Phi) is 3.23. The molecule has 5 heteroatoms. The van der Waals surface area contributed by atoms with Crippen molar-refractivity contribution in [3.63, 3.8) is 0 Å².